The number of carbonyl (C=O) groups is 2. The molecule has 1 amide bonds. The number of nitrogens with zero attached hydrogens (tertiary/aromatic N) is 1. The Balaban J connectivity index is 1.49. The first-order chi connectivity index (χ1) is 13.6. The number of Topliss-reactive ketones (excluding diaryl/α,β-unsaturated/α-hetero) is 1. The normalized spacial score (nSPS) is 13.3. The molecule has 1 aliphatic carbocycles. The summed E-state index contributed by atoms with van der Waals surface area (Å²) in [6.45, 7) is 1.86. The summed E-state index contributed by atoms with van der Waals surface area (Å²) >= 11 is 0. The predicted octanol–water partition coefficient (Wildman–Crippen LogP) is 3.70. The topological polar surface area (TPSA) is 94.6 Å². The molecule has 0 saturated carbocycles. The largest absolute Gasteiger partial charge is 0.497 e. The van der Waals surface area contributed by atoms with Gasteiger partial charge in [0.1, 0.15) is 23.0 Å². The van der Waals surface area contributed by atoms with Crippen LogP contribution in [0.2, 0.25) is 0 Å². The summed E-state index contributed by atoms with van der Waals surface area (Å²) < 4.78 is 16.2. The van der Waals surface area contributed by atoms with Crippen LogP contribution in [0.3, 0.4) is 0 Å². The fraction of sp³-hybridized carbons (Fsp3) is 0.286. The maximum atomic E-state index is 12.7. The summed E-state index contributed by atoms with van der Waals surface area (Å²) in [7, 11) is 1.60. The van der Waals surface area contributed by atoms with E-state index in [1.807, 2.05) is 24.3 Å². The summed E-state index contributed by atoms with van der Waals surface area (Å²) in [6.07, 6.45) is 1.88. The highest BCUT2D eigenvalue weighted by atomic mass is 16.5. The third kappa shape index (κ3) is 3.31. The molecule has 1 aromatic carbocycles. The number of nitrogens with one attached hydrogen (secondary N) is 1. The third-order valence-electron chi connectivity index (χ3n) is 4.82. The Kier molecular flexibility index (Phi) is 4.73. The van der Waals surface area contributed by atoms with Crippen molar-refractivity contribution in [3.63, 3.8) is 0 Å². The van der Waals surface area contributed by atoms with Gasteiger partial charge in [0.15, 0.2) is 11.5 Å². The number of ketones is 1. The average Bonchev–Trinajstić information content (AvgIpc) is 3.31. The summed E-state index contributed by atoms with van der Waals surface area (Å²) in [5, 5.41) is 6.84. The van der Waals surface area contributed by atoms with E-state index in [-0.39, 0.29) is 18.2 Å². The van der Waals surface area contributed by atoms with Crippen molar-refractivity contribution < 1.29 is 23.3 Å². The first-order valence-electron chi connectivity index (χ1n) is 9.10. The molecule has 0 fully saturated rings. The van der Waals surface area contributed by atoms with Crippen LogP contribution in [0.25, 0.3) is 11.3 Å². The molecular weight excluding hydrogens is 360 g/mol. The van der Waals surface area contributed by atoms with Crippen LogP contribution in [-0.4, -0.2) is 24.0 Å². The van der Waals surface area contributed by atoms with Crippen molar-refractivity contribution in [3.8, 4) is 17.0 Å². The fourth-order valence-electron chi connectivity index (χ4n) is 3.45. The molecule has 0 radical (unpaired) electrons. The molecule has 2 heterocycles. The van der Waals surface area contributed by atoms with Gasteiger partial charge in [-0.2, -0.15) is 0 Å². The van der Waals surface area contributed by atoms with Crippen LogP contribution in [0.5, 0.6) is 5.75 Å². The minimum Gasteiger partial charge on any atom is -0.497 e. The summed E-state index contributed by atoms with van der Waals surface area (Å²) in [5.41, 5.74) is 2.25. The highest BCUT2D eigenvalue weighted by Crippen LogP contribution is 2.29. The van der Waals surface area contributed by atoms with Gasteiger partial charge in [-0.05, 0) is 25.5 Å². The maximum Gasteiger partial charge on any atom is 0.255 e. The van der Waals surface area contributed by atoms with Crippen molar-refractivity contribution in [1.29, 1.82) is 0 Å². The molecule has 144 valence electrons. The quantitative estimate of drug-likeness (QED) is 0.725. The van der Waals surface area contributed by atoms with E-state index in [9.17, 15) is 9.59 Å². The minimum atomic E-state index is -0.350. The lowest BCUT2D eigenvalue weighted by Crippen LogP contribution is -2.25. The Morgan fingerprint density at radius 1 is 1.29 bits per heavy atom. The van der Waals surface area contributed by atoms with Gasteiger partial charge >= 0.3 is 0 Å². The monoisotopic (exact) mass is 380 g/mol. The number of aromatic nitrogens is 1. The van der Waals surface area contributed by atoms with E-state index in [1.54, 1.807) is 20.1 Å². The molecule has 4 rings (SSSR count). The van der Waals surface area contributed by atoms with Gasteiger partial charge in [-0.3, -0.25) is 9.59 Å². The molecule has 1 N–H and O–H groups in total. The lowest BCUT2D eigenvalue weighted by Gasteiger charge is -2.09. The van der Waals surface area contributed by atoms with Gasteiger partial charge < -0.3 is 19.0 Å². The Morgan fingerprint density at radius 2 is 2.14 bits per heavy atom. The van der Waals surface area contributed by atoms with Crippen molar-refractivity contribution >= 4 is 11.7 Å². The van der Waals surface area contributed by atoms with Gasteiger partial charge in [0.2, 0.25) is 0 Å². The Bertz CT molecular complexity index is 1050. The number of furan rings is 1. The van der Waals surface area contributed by atoms with Crippen LogP contribution in [0, 0.1) is 6.92 Å². The van der Waals surface area contributed by atoms with Gasteiger partial charge in [0.05, 0.1) is 24.8 Å². The molecule has 0 atom stereocenters. The molecule has 28 heavy (non-hydrogen) atoms. The highest BCUT2D eigenvalue weighted by molar-refractivity contribution is 6.09. The standard InChI is InChI=1S/C21H20N2O5/c1-12-19(20-17(24)7-4-8-18(20)27-12)21(25)22-11-15-10-16(23-28-15)13-5-3-6-14(9-13)26-2/h3,5-6,9-10H,4,7-8,11H2,1-2H3,(H,22,25). The Hall–Kier alpha value is -3.35. The zero-order valence-electron chi connectivity index (χ0n) is 15.7. The van der Waals surface area contributed by atoms with Crippen LogP contribution >= 0.6 is 0 Å². The molecular formula is C21H20N2O5. The van der Waals surface area contributed by atoms with Crippen molar-refractivity contribution in [2.75, 3.05) is 7.11 Å². The molecule has 0 aliphatic heterocycles. The van der Waals surface area contributed by atoms with Crippen molar-refractivity contribution in [1.82, 2.24) is 10.5 Å². The number of amides is 1. The van der Waals surface area contributed by atoms with Crippen LogP contribution < -0.4 is 10.1 Å². The molecule has 1 aliphatic rings. The predicted molar refractivity (Wildman–Crippen MR) is 100 cm³/mol. The molecule has 0 bridgehead atoms. The van der Waals surface area contributed by atoms with E-state index >= 15 is 0 Å². The molecule has 3 aromatic rings. The van der Waals surface area contributed by atoms with Crippen LogP contribution in [0.1, 0.15) is 50.8 Å². The molecule has 7 heteroatoms. The second-order valence-corrected chi connectivity index (χ2v) is 6.70. The number of hydrogen-bond donors (Lipinski definition) is 1. The average molecular weight is 380 g/mol. The first kappa shape index (κ1) is 18.0. The summed E-state index contributed by atoms with van der Waals surface area (Å²) in [6, 6.07) is 9.23. The van der Waals surface area contributed by atoms with Gasteiger partial charge in [-0.25, -0.2) is 0 Å². The van der Waals surface area contributed by atoms with Gasteiger partial charge in [0, 0.05) is 24.5 Å². The van der Waals surface area contributed by atoms with E-state index in [2.05, 4.69) is 10.5 Å². The van der Waals surface area contributed by atoms with Gasteiger partial charge in [-0.1, -0.05) is 17.3 Å². The zero-order chi connectivity index (χ0) is 19.7. The van der Waals surface area contributed by atoms with Gasteiger partial charge in [-0.15, -0.1) is 0 Å². The minimum absolute atomic E-state index is 0.0387. The second kappa shape index (κ2) is 7.34. The summed E-state index contributed by atoms with van der Waals surface area (Å²) in [4.78, 5) is 24.9. The second-order valence-electron chi connectivity index (χ2n) is 6.70. The van der Waals surface area contributed by atoms with Crippen LogP contribution in [-0.2, 0) is 13.0 Å². The lowest BCUT2D eigenvalue weighted by atomic mass is 9.93. The van der Waals surface area contributed by atoms with Crippen LogP contribution in [0.15, 0.2) is 39.3 Å². The smallest absolute Gasteiger partial charge is 0.255 e. The van der Waals surface area contributed by atoms with Crippen molar-refractivity contribution in [3.05, 3.63) is 58.7 Å². The first-order valence-corrected chi connectivity index (χ1v) is 9.10. The van der Waals surface area contributed by atoms with Crippen molar-refractivity contribution in [2.45, 2.75) is 32.7 Å². The highest BCUT2D eigenvalue weighted by Gasteiger charge is 2.30. The van der Waals surface area contributed by atoms with E-state index in [0.29, 0.717) is 46.9 Å². The number of fused-ring (bicyclic) bond motifs is 1. The molecule has 2 aromatic heterocycles. The Labute approximate surface area is 161 Å². The fourth-order valence-corrected chi connectivity index (χ4v) is 3.45. The van der Waals surface area contributed by atoms with E-state index < -0.39 is 0 Å². The lowest BCUT2D eigenvalue weighted by molar-refractivity contribution is 0.0923. The number of aryl methyl sites for hydroxylation is 2. The zero-order valence-corrected chi connectivity index (χ0v) is 15.7. The van der Waals surface area contributed by atoms with E-state index in [4.69, 9.17) is 13.7 Å². The van der Waals surface area contributed by atoms with Crippen molar-refractivity contribution in [2.24, 2.45) is 0 Å². The molecule has 0 spiro atoms. The van der Waals surface area contributed by atoms with E-state index in [1.165, 1.54) is 0 Å². The number of methoxy groups -OCH3 is 1. The number of carbonyl (C=O) groups excluding carboxylic acids is 2. The molecule has 0 saturated heterocycles. The number of benzene rings is 1. The summed E-state index contributed by atoms with van der Waals surface area (Å²) in [5.74, 6) is 1.92. The Morgan fingerprint density at radius 3 is 2.96 bits per heavy atom. The SMILES string of the molecule is COc1cccc(-c2cc(CNC(=O)c3c(C)oc4c3C(=O)CCC4)on2)c1. The number of rotatable bonds is 5. The van der Waals surface area contributed by atoms with Gasteiger partial charge in [0.25, 0.3) is 5.91 Å². The van der Waals surface area contributed by atoms with Crippen LogP contribution in [0.4, 0.5) is 0 Å². The third-order valence-corrected chi connectivity index (χ3v) is 4.82. The molecule has 0 unspecified atom stereocenters. The maximum absolute atomic E-state index is 12.7. The number of hydrogen-bond acceptors (Lipinski definition) is 6. The number of ether oxygens (including phenoxy) is 1. The van der Waals surface area contributed by atoms with E-state index in [0.717, 1.165) is 17.7 Å². The molecule has 7 nitrogen and oxygen atoms in total.